The first-order valence-corrected chi connectivity index (χ1v) is 9.58. The van der Waals surface area contributed by atoms with E-state index in [-0.39, 0.29) is 29.0 Å². The number of esters is 4. The van der Waals surface area contributed by atoms with Gasteiger partial charge in [0.25, 0.3) is 0 Å². The fourth-order valence-corrected chi connectivity index (χ4v) is 5.34. The van der Waals surface area contributed by atoms with Crippen LogP contribution in [0.3, 0.4) is 0 Å². The molecule has 30 heavy (non-hydrogen) atoms. The molecule has 8 heteroatoms. The van der Waals surface area contributed by atoms with Gasteiger partial charge in [0, 0.05) is 11.8 Å². The van der Waals surface area contributed by atoms with E-state index in [0.29, 0.717) is 0 Å². The third-order valence-electron chi connectivity index (χ3n) is 6.54. The predicted molar refractivity (Wildman–Crippen MR) is 101 cm³/mol. The Morgan fingerprint density at radius 1 is 0.667 bits per heavy atom. The molecule has 0 N–H and O–H groups in total. The van der Waals surface area contributed by atoms with E-state index >= 15 is 0 Å². The number of carbonyl (C=O) groups is 4. The minimum atomic E-state index is -0.628. The van der Waals surface area contributed by atoms with E-state index in [1.807, 2.05) is 0 Å². The Hall–Kier alpha value is -3.16. The molecule has 5 rings (SSSR count). The van der Waals surface area contributed by atoms with E-state index in [4.69, 9.17) is 18.9 Å². The van der Waals surface area contributed by atoms with E-state index in [0.717, 1.165) is 11.1 Å². The number of allylic oxidation sites excluding steroid dienone is 4. The summed E-state index contributed by atoms with van der Waals surface area (Å²) in [6.45, 7) is 0. The van der Waals surface area contributed by atoms with Crippen molar-refractivity contribution in [2.45, 2.75) is 0 Å². The molecular formula is C22H22O8. The van der Waals surface area contributed by atoms with Crippen LogP contribution in [0.1, 0.15) is 0 Å². The van der Waals surface area contributed by atoms with Crippen molar-refractivity contribution in [1.29, 1.82) is 0 Å². The Morgan fingerprint density at radius 3 is 1.47 bits per heavy atom. The first-order chi connectivity index (χ1) is 14.4. The second kappa shape index (κ2) is 7.27. The maximum absolute atomic E-state index is 12.7. The molecule has 0 saturated heterocycles. The summed E-state index contributed by atoms with van der Waals surface area (Å²) in [4.78, 5) is 49.9. The summed E-state index contributed by atoms with van der Waals surface area (Å²) in [5.74, 6) is -4.49. The van der Waals surface area contributed by atoms with Gasteiger partial charge >= 0.3 is 23.9 Å². The number of hydrogen-bond acceptors (Lipinski definition) is 8. The van der Waals surface area contributed by atoms with Crippen LogP contribution < -0.4 is 0 Å². The Morgan fingerprint density at radius 2 is 1.10 bits per heavy atom. The predicted octanol–water partition coefficient (Wildman–Crippen LogP) is 1.14. The minimum absolute atomic E-state index is 0.184. The summed E-state index contributed by atoms with van der Waals surface area (Å²) in [6, 6.07) is 0. The van der Waals surface area contributed by atoms with Crippen molar-refractivity contribution >= 4 is 23.9 Å². The Balaban J connectivity index is 1.87. The van der Waals surface area contributed by atoms with Crippen molar-refractivity contribution in [3.63, 3.8) is 0 Å². The van der Waals surface area contributed by atoms with E-state index in [9.17, 15) is 19.2 Å². The molecule has 5 aliphatic rings. The fraction of sp³-hybridized carbons (Fsp3) is 0.455. The Bertz CT molecular complexity index is 906. The van der Waals surface area contributed by atoms with E-state index in [1.54, 1.807) is 24.3 Å². The van der Waals surface area contributed by atoms with Crippen molar-refractivity contribution < 1.29 is 38.1 Å². The van der Waals surface area contributed by atoms with Crippen molar-refractivity contribution in [3.05, 3.63) is 46.6 Å². The first-order valence-electron chi connectivity index (χ1n) is 9.58. The SMILES string of the molecule is COC(=O)C1=C(C(=O)OC)C2C3=C(C=CC(C(=O)OC)C=C3)C1C1C(C(=O)OC)C21. The van der Waals surface area contributed by atoms with Gasteiger partial charge in [-0.2, -0.15) is 0 Å². The molecule has 158 valence electrons. The molecule has 0 spiro atoms. The molecule has 0 aromatic heterocycles. The lowest BCUT2D eigenvalue weighted by molar-refractivity contribution is -0.143. The molecule has 4 atom stereocenters. The number of methoxy groups -OCH3 is 4. The van der Waals surface area contributed by atoms with Gasteiger partial charge in [0.15, 0.2) is 0 Å². The quantitative estimate of drug-likeness (QED) is 0.498. The second-order valence-corrected chi connectivity index (χ2v) is 7.65. The highest BCUT2D eigenvalue weighted by molar-refractivity contribution is 6.04. The number of hydrogen-bond donors (Lipinski definition) is 0. The van der Waals surface area contributed by atoms with Crippen molar-refractivity contribution in [2.24, 2.45) is 35.5 Å². The van der Waals surface area contributed by atoms with Gasteiger partial charge < -0.3 is 18.9 Å². The standard InChI is InChI=1S/C22H22O8/c1-27-19(23)9-5-7-10-11(8-6-9)13-15-14(18(15)22(26)30-4)12(10)16(20(24)28-2)17(13)21(25)29-3/h5-9,12-15,18H,1-4H3. The topological polar surface area (TPSA) is 105 Å². The van der Waals surface area contributed by atoms with Crippen LogP contribution in [0.25, 0.3) is 0 Å². The van der Waals surface area contributed by atoms with Gasteiger partial charge in [-0.05, 0) is 23.0 Å². The van der Waals surface area contributed by atoms with Crippen LogP contribution in [0.2, 0.25) is 0 Å². The summed E-state index contributed by atoms with van der Waals surface area (Å²) in [6.07, 6.45) is 6.97. The summed E-state index contributed by atoms with van der Waals surface area (Å²) in [5, 5.41) is 0. The third kappa shape index (κ3) is 2.66. The molecule has 0 aromatic carbocycles. The molecule has 1 fully saturated rings. The van der Waals surface area contributed by atoms with Gasteiger partial charge in [-0.1, -0.05) is 24.3 Å². The van der Waals surface area contributed by atoms with Crippen LogP contribution in [0.15, 0.2) is 46.6 Å². The molecular weight excluding hydrogens is 392 g/mol. The summed E-state index contributed by atoms with van der Waals surface area (Å²) in [7, 11) is 5.14. The number of rotatable bonds is 4. The minimum Gasteiger partial charge on any atom is -0.469 e. The van der Waals surface area contributed by atoms with Gasteiger partial charge in [0.2, 0.25) is 0 Å². The average molecular weight is 414 g/mol. The molecule has 0 amide bonds. The van der Waals surface area contributed by atoms with Gasteiger partial charge in [0.1, 0.15) is 0 Å². The molecule has 8 nitrogen and oxygen atoms in total. The maximum Gasteiger partial charge on any atom is 0.334 e. The van der Waals surface area contributed by atoms with Crippen LogP contribution in [0, 0.1) is 35.5 Å². The molecule has 1 saturated carbocycles. The summed E-state index contributed by atoms with van der Waals surface area (Å²) >= 11 is 0. The second-order valence-electron chi connectivity index (χ2n) is 7.65. The highest BCUT2D eigenvalue weighted by Gasteiger charge is 2.71. The highest BCUT2D eigenvalue weighted by atomic mass is 16.5. The third-order valence-corrected chi connectivity index (χ3v) is 6.54. The molecule has 0 radical (unpaired) electrons. The zero-order chi connectivity index (χ0) is 21.7. The first kappa shape index (κ1) is 20.1. The van der Waals surface area contributed by atoms with E-state index in [2.05, 4.69) is 0 Å². The Kier molecular flexibility index (Phi) is 4.88. The largest absolute Gasteiger partial charge is 0.469 e. The fourth-order valence-electron chi connectivity index (χ4n) is 5.34. The van der Waals surface area contributed by atoms with Crippen LogP contribution in [0.5, 0.6) is 0 Å². The maximum atomic E-state index is 12.7. The molecule has 0 heterocycles. The van der Waals surface area contributed by atoms with Crippen LogP contribution in [-0.2, 0) is 38.1 Å². The number of ether oxygens (including phenoxy) is 4. The molecule has 2 bridgehead atoms. The van der Waals surface area contributed by atoms with Crippen molar-refractivity contribution in [2.75, 3.05) is 28.4 Å². The van der Waals surface area contributed by atoms with E-state index in [1.165, 1.54) is 28.4 Å². The monoisotopic (exact) mass is 414 g/mol. The summed E-state index contributed by atoms with van der Waals surface area (Å²) < 4.78 is 19.8. The lowest BCUT2D eigenvalue weighted by atomic mass is 9.63. The Labute approximate surface area is 173 Å². The van der Waals surface area contributed by atoms with Gasteiger partial charge in [0.05, 0.1) is 51.4 Å². The normalized spacial score (nSPS) is 32.7. The number of carbonyl (C=O) groups excluding carboxylic acids is 4. The molecule has 0 aliphatic heterocycles. The lowest BCUT2D eigenvalue weighted by Gasteiger charge is -2.39. The summed E-state index contributed by atoms with van der Waals surface area (Å²) in [5.41, 5.74) is 2.03. The van der Waals surface area contributed by atoms with E-state index < -0.39 is 41.6 Å². The molecule has 5 aliphatic carbocycles. The average Bonchev–Trinajstić information content (AvgIpc) is 3.56. The highest BCUT2D eigenvalue weighted by Crippen LogP contribution is 2.70. The van der Waals surface area contributed by atoms with Gasteiger partial charge in [-0.15, -0.1) is 0 Å². The zero-order valence-corrected chi connectivity index (χ0v) is 17.0. The zero-order valence-electron chi connectivity index (χ0n) is 17.0. The van der Waals surface area contributed by atoms with Crippen molar-refractivity contribution in [1.82, 2.24) is 0 Å². The van der Waals surface area contributed by atoms with Crippen molar-refractivity contribution in [3.8, 4) is 0 Å². The van der Waals surface area contributed by atoms with Gasteiger partial charge in [-0.3, -0.25) is 9.59 Å². The molecule has 4 unspecified atom stereocenters. The molecule has 0 aromatic rings. The van der Waals surface area contributed by atoms with Crippen LogP contribution in [0.4, 0.5) is 0 Å². The smallest absolute Gasteiger partial charge is 0.334 e. The van der Waals surface area contributed by atoms with Gasteiger partial charge in [-0.25, -0.2) is 9.59 Å². The van der Waals surface area contributed by atoms with Crippen LogP contribution >= 0.6 is 0 Å². The lowest BCUT2D eigenvalue weighted by Crippen LogP contribution is -2.37. The van der Waals surface area contributed by atoms with Crippen LogP contribution in [-0.4, -0.2) is 52.3 Å².